The third-order valence-corrected chi connectivity index (χ3v) is 2.66. The molecule has 0 aliphatic carbocycles. The van der Waals surface area contributed by atoms with E-state index in [1.807, 2.05) is 0 Å². The van der Waals surface area contributed by atoms with Gasteiger partial charge in [0.2, 0.25) is 5.91 Å². The molecule has 4 nitrogen and oxygen atoms in total. The van der Waals surface area contributed by atoms with Gasteiger partial charge in [-0.2, -0.15) is 0 Å². The summed E-state index contributed by atoms with van der Waals surface area (Å²) in [7, 11) is 3.20. The number of ether oxygens (including phenoxy) is 1. The van der Waals surface area contributed by atoms with E-state index in [9.17, 15) is 4.79 Å². The minimum atomic E-state index is -0.0837. The second-order valence-corrected chi connectivity index (χ2v) is 4.03. The molecule has 1 N–H and O–H groups in total. The Morgan fingerprint density at radius 1 is 1.53 bits per heavy atom. The van der Waals surface area contributed by atoms with E-state index in [1.54, 1.807) is 32.4 Å². The molecule has 1 rings (SSSR count). The first kappa shape index (κ1) is 13.8. The van der Waals surface area contributed by atoms with Gasteiger partial charge >= 0.3 is 0 Å². The highest BCUT2D eigenvalue weighted by atomic mass is 35.5. The van der Waals surface area contributed by atoms with Crippen LogP contribution in [0.15, 0.2) is 18.2 Å². The van der Waals surface area contributed by atoms with E-state index in [-0.39, 0.29) is 12.5 Å². The predicted molar refractivity (Wildman–Crippen MR) is 67.7 cm³/mol. The molecule has 0 spiro atoms. The summed E-state index contributed by atoms with van der Waals surface area (Å²) in [6.07, 6.45) is 0.745. The van der Waals surface area contributed by atoms with Crippen molar-refractivity contribution in [2.24, 2.45) is 0 Å². The maximum absolute atomic E-state index is 11.8. The fourth-order valence-electron chi connectivity index (χ4n) is 1.46. The van der Waals surface area contributed by atoms with Crippen molar-refractivity contribution in [2.45, 2.75) is 12.8 Å². The zero-order chi connectivity index (χ0) is 12.8. The van der Waals surface area contributed by atoms with E-state index in [0.717, 1.165) is 0 Å². The van der Waals surface area contributed by atoms with Crippen molar-refractivity contribution in [1.82, 2.24) is 0 Å². The van der Waals surface area contributed by atoms with Crippen LogP contribution in [-0.2, 0) is 4.79 Å². The molecule has 0 saturated carbocycles. The molecule has 0 atom stereocenters. The van der Waals surface area contributed by atoms with Crippen molar-refractivity contribution in [2.75, 3.05) is 25.7 Å². The molecular weight excluding hydrogens is 242 g/mol. The van der Waals surface area contributed by atoms with Gasteiger partial charge in [0.1, 0.15) is 5.75 Å². The van der Waals surface area contributed by atoms with E-state index in [1.165, 1.54) is 4.90 Å². The van der Waals surface area contributed by atoms with Gasteiger partial charge in [0, 0.05) is 25.1 Å². The Hall–Kier alpha value is -1.26. The standard InChI is InChI=1S/C12H16ClNO3/c1-14(12(16)4-3-7-15)10-8-9(13)5-6-11(10)17-2/h5-6,8,15H,3-4,7H2,1-2H3. The summed E-state index contributed by atoms with van der Waals surface area (Å²) in [4.78, 5) is 13.3. The Morgan fingerprint density at radius 3 is 2.82 bits per heavy atom. The fraction of sp³-hybridized carbons (Fsp3) is 0.417. The van der Waals surface area contributed by atoms with Crippen LogP contribution in [0.4, 0.5) is 5.69 Å². The minimum Gasteiger partial charge on any atom is -0.495 e. The molecular formula is C12H16ClNO3. The number of amides is 1. The minimum absolute atomic E-state index is 0.00621. The van der Waals surface area contributed by atoms with Gasteiger partial charge in [0.15, 0.2) is 0 Å². The molecule has 0 bridgehead atoms. The third-order valence-electron chi connectivity index (χ3n) is 2.43. The van der Waals surface area contributed by atoms with Crippen molar-refractivity contribution >= 4 is 23.2 Å². The number of carbonyl (C=O) groups is 1. The van der Waals surface area contributed by atoms with Gasteiger partial charge in [-0.25, -0.2) is 0 Å². The molecule has 0 unspecified atom stereocenters. The SMILES string of the molecule is COc1ccc(Cl)cc1N(C)C(=O)CCCO. The molecule has 1 aromatic carbocycles. The molecule has 0 aliphatic rings. The third kappa shape index (κ3) is 3.61. The fourth-order valence-corrected chi connectivity index (χ4v) is 1.62. The first-order valence-corrected chi connectivity index (χ1v) is 5.69. The van der Waals surface area contributed by atoms with Crippen LogP contribution in [0.25, 0.3) is 0 Å². The van der Waals surface area contributed by atoms with Crippen LogP contribution in [0.1, 0.15) is 12.8 Å². The highest BCUT2D eigenvalue weighted by molar-refractivity contribution is 6.31. The van der Waals surface area contributed by atoms with Crippen LogP contribution in [0.5, 0.6) is 5.75 Å². The number of hydrogen-bond acceptors (Lipinski definition) is 3. The number of rotatable bonds is 5. The number of nitrogens with zero attached hydrogens (tertiary/aromatic N) is 1. The molecule has 0 aliphatic heterocycles. The Bertz CT molecular complexity index is 395. The number of aliphatic hydroxyl groups excluding tert-OH is 1. The van der Waals surface area contributed by atoms with Crippen LogP contribution in [0.2, 0.25) is 5.02 Å². The largest absolute Gasteiger partial charge is 0.495 e. The second-order valence-electron chi connectivity index (χ2n) is 3.60. The lowest BCUT2D eigenvalue weighted by Gasteiger charge is -2.20. The van der Waals surface area contributed by atoms with Gasteiger partial charge in [0.25, 0.3) is 0 Å². The molecule has 17 heavy (non-hydrogen) atoms. The van der Waals surface area contributed by atoms with Crippen LogP contribution in [0, 0.1) is 0 Å². The zero-order valence-electron chi connectivity index (χ0n) is 9.94. The maximum atomic E-state index is 11.8. The van der Waals surface area contributed by atoms with E-state index in [2.05, 4.69) is 0 Å². The van der Waals surface area contributed by atoms with Gasteiger partial charge < -0.3 is 14.7 Å². The zero-order valence-corrected chi connectivity index (χ0v) is 10.7. The van der Waals surface area contributed by atoms with E-state index in [0.29, 0.717) is 29.3 Å². The number of halogens is 1. The summed E-state index contributed by atoms with van der Waals surface area (Å²) in [5.74, 6) is 0.508. The lowest BCUT2D eigenvalue weighted by atomic mass is 10.2. The van der Waals surface area contributed by atoms with E-state index < -0.39 is 0 Å². The van der Waals surface area contributed by atoms with Crippen molar-refractivity contribution in [3.05, 3.63) is 23.2 Å². The molecule has 1 amide bonds. The van der Waals surface area contributed by atoms with Crippen molar-refractivity contribution < 1.29 is 14.6 Å². The molecule has 0 heterocycles. The number of benzene rings is 1. The predicted octanol–water partition coefficient (Wildman–Crippen LogP) is 2.08. The van der Waals surface area contributed by atoms with Gasteiger partial charge in [-0.05, 0) is 24.6 Å². The van der Waals surface area contributed by atoms with Crippen molar-refractivity contribution in [1.29, 1.82) is 0 Å². The first-order chi connectivity index (χ1) is 8.10. The van der Waals surface area contributed by atoms with Gasteiger partial charge in [0.05, 0.1) is 12.8 Å². The molecule has 0 aromatic heterocycles. The van der Waals surface area contributed by atoms with Gasteiger partial charge in [-0.15, -0.1) is 0 Å². The molecule has 0 saturated heterocycles. The molecule has 0 fully saturated rings. The Kier molecular flexibility index (Phi) is 5.25. The molecule has 5 heteroatoms. The van der Waals surface area contributed by atoms with Crippen LogP contribution < -0.4 is 9.64 Å². The molecule has 0 radical (unpaired) electrons. The van der Waals surface area contributed by atoms with E-state index >= 15 is 0 Å². The monoisotopic (exact) mass is 257 g/mol. The van der Waals surface area contributed by atoms with E-state index in [4.69, 9.17) is 21.4 Å². The maximum Gasteiger partial charge on any atom is 0.226 e. The Balaban J connectivity index is 2.90. The number of aliphatic hydroxyl groups is 1. The van der Waals surface area contributed by atoms with Crippen molar-refractivity contribution in [3.8, 4) is 5.75 Å². The average Bonchev–Trinajstić information content (AvgIpc) is 2.34. The highest BCUT2D eigenvalue weighted by Gasteiger charge is 2.15. The summed E-state index contributed by atoms with van der Waals surface area (Å²) >= 11 is 5.89. The molecule has 1 aromatic rings. The van der Waals surface area contributed by atoms with Crippen LogP contribution >= 0.6 is 11.6 Å². The van der Waals surface area contributed by atoms with Crippen molar-refractivity contribution in [3.63, 3.8) is 0 Å². The van der Waals surface area contributed by atoms with Crippen LogP contribution in [-0.4, -0.2) is 31.8 Å². The Labute approximate surface area is 106 Å². The Morgan fingerprint density at radius 2 is 2.24 bits per heavy atom. The highest BCUT2D eigenvalue weighted by Crippen LogP contribution is 2.30. The topological polar surface area (TPSA) is 49.8 Å². The number of carbonyl (C=O) groups excluding carboxylic acids is 1. The van der Waals surface area contributed by atoms with Gasteiger partial charge in [-0.3, -0.25) is 4.79 Å². The summed E-state index contributed by atoms with van der Waals surface area (Å²) in [5, 5.41) is 9.24. The quantitative estimate of drug-likeness (QED) is 0.879. The number of methoxy groups -OCH3 is 1. The molecule has 94 valence electrons. The number of anilines is 1. The van der Waals surface area contributed by atoms with Crippen LogP contribution in [0.3, 0.4) is 0 Å². The normalized spacial score (nSPS) is 10.1. The summed E-state index contributed by atoms with van der Waals surface area (Å²) in [6, 6.07) is 5.10. The second kappa shape index (κ2) is 6.47. The smallest absolute Gasteiger partial charge is 0.226 e. The summed E-state index contributed by atoms with van der Waals surface area (Å²) < 4.78 is 5.17. The lowest BCUT2D eigenvalue weighted by molar-refractivity contribution is -0.118. The lowest BCUT2D eigenvalue weighted by Crippen LogP contribution is -2.26. The van der Waals surface area contributed by atoms with Gasteiger partial charge in [-0.1, -0.05) is 11.6 Å². The summed E-state index contributed by atoms with van der Waals surface area (Å²) in [6.45, 7) is 0.00621. The average molecular weight is 258 g/mol. The first-order valence-electron chi connectivity index (χ1n) is 5.31. The number of hydrogen-bond donors (Lipinski definition) is 1. The summed E-state index contributed by atoms with van der Waals surface area (Å²) in [5.41, 5.74) is 0.628.